The number of nitrogens with one attached hydrogen (secondary N) is 2. The van der Waals surface area contributed by atoms with E-state index in [-0.39, 0.29) is 11.9 Å². The van der Waals surface area contributed by atoms with Crippen molar-refractivity contribution >= 4 is 33.6 Å². The number of hydrogen-bond donors (Lipinski definition) is 2. The molecule has 0 bridgehead atoms. The summed E-state index contributed by atoms with van der Waals surface area (Å²) in [6, 6.07) is 16.2. The molecule has 2 N–H and O–H groups in total. The van der Waals surface area contributed by atoms with Crippen molar-refractivity contribution in [2.45, 2.75) is 32.2 Å². The second-order valence-corrected chi connectivity index (χ2v) is 8.27. The quantitative estimate of drug-likeness (QED) is 0.717. The van der Waals surface area contributed by atoms with Gasteiger partial charge in [0.05, 0.1) is 0 Å². The summed E-state index contributed by atoms with van der Waals surface area (Å²) in [5.74, 6) is 0.631. The summed E-state index contributed by atoms with van der Waals surface area (Å²) in [5.41, 5.74) is 1.70. The minimum Gasteiger partial charge on any atom is -0.341 e. The fourth-order valence-corrected chi connectivity index (χ4v) is 3.62. The van der Waals surface area contributed by atoms with Crippen LogP contribution in [0.1, 0.15) is 25.3 Å². The van der Waals surface area contributed by atoms with Crippen LogP contribution in [-0.4, -0.2) is 36.0 Å². The van der Waals surface area contributed by atoms with E-state index in [1.807, 2.05) is 59.5 Å². The Hall–Kier alpha value is -2.34. The molecule has 3 rings (SSSR count). The van der Waals surface area contributed by atoms with Crippen molar-refractivity contribution in [2.75, 3.05) is 18.4 Å². The summed E-state index contributed by atoms with van der Waals surface area (Å²) < 4.78 is 0.940. The molecule has 3 amide bonds. The number of urea groups is 1. The van der Waals surface area contributed by atoms with Gasteiger partial charge in [0, 0.05) is 29.7 Å². The van der Waals surface area contributed by atoms with Crippen LogP contribution in [0.25, 0.3) is 0 Å². The highest BCUT2D eigenvalue weighted by atomic mass is 79.9. The number of carbonyl (C=O) groups is 2. The molecular formula is C22H26BrN3O2. The molecule has 2 aromatic rings. The number of likely N-dealkylation sites (tertiary alicyclic amines) is 1. The second kappa shape index (κ2) is 9.73. The Morgan fingerprint density at radius 2 is 1.71 bits per heavy atom. The third-order valence-corrected chi connectivity index (χ3v) is 5.61. The molecule has 1 heterocycles. The van der Waals surface area contributed by atoms with Gasteiger partial charge in [0.25, 0.3) is 0 Å². The number of anilines is 1. The van der Waals surface area contributed by atoms with Crippen LogP contribution in [0, 0.1) is 5.92 Å². The van der Waals surface area contributed by atoms with Gasteiger partial charge in [0.15, 0.2) is 0 Å². The summed E-state index contributed by atoms with van der Waals surface area (Å²) in [6.07, 6.45) is 2.49. The molecule has 0 spiro atoms. The molecular weight excluding hydrogens is 418 g/mol. The molecule has 1 fully saturated rings. The third kappa shape index (κ3) is 5.83. The summed E-state index contributed by atoms with van der Waals surface area (Å²) in [7, 11) is 0. The van der Waals surface area contributed by atoms with Gasteiger partial charge in [-0.3, -0.25) is 4.79 Å². The summed E-state index contributed by atoms with van der Waals surface area (Å²) >= 11 is 3.38. The summed E-state index contributed by atoms with van der Waals surface area (Å²) in [6.45, 7) is 3.72. The molecule has 1 atom stereocenters. The first kappa shape index (κ1) is 20.4. The lowest BCUT2D eigenvalue weighted by Crippen LogP contribution is -2.52. The smallest absolute Gasteiger partial charge is 0.319 e. The largest absolute Gasteiger partial charge is 0.341 e. The van der Waals surface area contributed by atoms with Gasteiger partial charge < -0.3 is 15.5 Å². The minimum absolute atomic E-state index is 0.0123. The van der Waals surface area contributed by atoms with E-state index in [9.17, 15) is 9.59 Å². The van der Waals surface area contributed by atoms with Gasteiger partial charge in [-0.25, -0.2) is 4.79 Å². The van der Waals surface area contributed by atoms with E-state index in [0.717, 1.165) is 36.0 Å². The van der Waals surface area contributed by atoms with Crippen LogP contribution in [-0.2, 0) is 11.2 Å². The van der Waals surface area contributed by atoms with Gasteiger partial charge in [-0.15, -0.1) is 0 Å². The average Bonchev–Trinajstić information content (AvgIpc) is 2.70. The zero-order valence-electron chi connectivity index (χ0n) is 16.0. The molecule has 0 radical (unpaired) electrons. The van der Waals surface area contributed by atoms with Gasteiger partial charge in [-0.2, -0.15) is 0 Å². The summed E-state index contributed by atoms with van der Waals surface area (Å²) in [5, 5.41) is 5.69. The van der Waals surface area contributed by atoms with Crippen LogP contribution in [0.3, 0.4) is 0 Å². The number of amides is 3. The lowest BCUT2D eigenvalue weighted by Gasteiger charge is -2.33. The molecule has 0 aromatic heterocycles. The second-order valence-electron chi connectivity index (χ2n) is 7.36. The number of halogens is 1. The molecule has 1 saturated heterocycles. The Labute approximate surface area is 174 Å². The van der Waals surface area contributed by atoms with Crippen LogP contribution < -0.4 is 10.6 Å². The van der Waals surface area contributed by atoms with Crippen molar-refractivity contribution in [3.63, 3.8) is 0 Å². The Balaban J connectivity index is 1.68. The highest BCUT2D eigenvalue weighted by Crippen LogP contribution is 2.18. The van der Waals surface area contributed by atoms with E-state index < -0.39 is 6.04 Å². The highest BCUT2D eigenvalue weighted by molar-refractivity contribution is 9.10. The predicted octanol–water partition coefficient (Wildman–Crippen LogP) is 4.44. The zero-order chi connectivity index (χ0) is 19.9. The summed E-state index contributed by atoms with van der Waals surface area (Å²) in [4.78, 5) is 27.5. The fourth-order valence-electron chi connectivity index (χ4n) is 3.36. The number of hydrogen-bond acceptors (Lipinski definition) is 2. The van der Waals surface area contributed by atoms with Gasteiger partial charge in [-0.1, -0.05) is 53.2 Å². The number of benzene rings is 2. The zero-order valence-corrected chi connectivity index (χ0v) is 17.6. The Kier molecular flexibility index (Phi) is 7.09. The SMILES string of the molecule is CC1CCN(C(=O)C(Cc2ccccc2)NC(=O)Nc2ccc(Br)cc2)CC1. The molecule has 148 valence electrons. The minimum atomic E-state index is -0.591. The van der Waals surface area contributed by atoms with Crippen molar-refractivity contribution in [2.24, 2.45) is 5.92 Å². The van der Waals surface area contributed by atoms with Crippen LogP contribution in [0.4, 0.5) is 10.5 Å². The maximum Gasteiger partial charge on any atom is 0.319 e. The lowest BCUT2D eigenvalue weighted by atomic mass is 9.97. The van der Waals surface area contributed by atoms with E-state index in [1.165, 1.54) is 0 Å². The van der Waals surface area contributed by atoms with Gasteiger partial charge >= 0.3 is 6.03 Å². The van der Waals surface area contributed by atoms with Gasteiger partial charge in [-0.05, 0) is 48.6 Å². The molecule has 1 aliphatic heterocycles. The predicted molar refractivity (Wildman–Crippen MR) is 115 cm³/mol. The van der Waals surface area contributed by atoms with E-state index >= 15 is 0 Å². The molecule has 6 heteroatoms. The van der Waals surface area contributed by atoms with Crippen molar-refractivity contribution in [3.05, 3.63) is 64.6 Å². The van der Waals surface area contributed by atoms with Crippen LogP contribution in [0.5, 0.6) is 0 Å². The van der Waals surface area contributed by atoms with Crippen LogP contribution in [0.15, 0.2) is 59.1 Å². The van der Waals surface area contributed by atoms with Gasteiger partial charge in [0.1, 0.15) is 6.04 Å². The number of piperidine rings is 1. The maximum absolute atomic E-state index is 13.1. The maximum atomic E-state index is 13.1. The number of rotatable bonds is 5. The van der Waals surface area contributed by atoms with Crippen LogP contribution >= 0.6 is 15.9 Å². The standard InChI is InChI=1S/C22H26BrN3O2/c1-16-11-13-26(14-12-16)21(27)20(15-17-5-3-2-4-6-17)25-22(28)24-19-9-7-18(23)8-10-19/h2-10,16,20H,11-15H2,1H3,(H2,24,25,28). The first-order valence-electron chi connectivity index (χ1n) is 9.67. The molecule has 0 aliphatic carbocycles. The van der Waals surface area contributed by atoms with Crippen molar-refractivity contribution in [3.8, 4) is 0 Å². The van der Waals surface area contributed by atoms with Crippen molar-refractivity contribution in [1.82, 2.24) is 10.2 Å². The first-order chi connectivity index (χ1) is 13.5. The monoisotopic (exact) mass is 443 g/mol. The average molecular weight is 444 g/mol. The Morgan fingerprint density at radius 1 is 1.07 bits per heavy atom. The number of nitrogens with zero attached hydrogens (tertiary/aromatic N) is 1. The van der Waals surface area contributed by atoms with Crippen molar-refractivity contribution < 1.29 is 9.59 Å². The Bertz CT molecular complexity index is 787. The number of carbonyl (C=O) groups excluding carboxylic acids is 2. The normalized spacial score (nSPS) is 15.7. The first-order valence-corrected chi connectivity index (χ1v) is 10.5. The highest BCUT2D eigenvalue weighted by Gasteiger charge is 2.28. The molecule has 0 saturated carbocycles. The van der Waals surface area contributed by atoms with Crippen LogP contribution in [0.2, 0.25) is 0 Å². The third-order valence-electron chi connectivity index (χ3n) is 5.08. The van der Waals surface area contributed by atoms with E-state index in [2.05, 4.69) is 33.5 Å². The fraction of sp³-hybridized carbons (Fsp3) is 0.364. The van der Waals surface area contributed by atoms with E-state index in [1.54, 1.807) is 0 Å². The molecule has 1 aliphatic rings. The molecule has 28 heavy (non-hydrogen) atoms. The van der Waals surface area contributed by atoms with E-state index in [0.29, 0.717) is 18.0 Å². The molecule has 2 aromatic carbocycles. The molecule has 1 unspecified atom stereocenters. The van der Waals surface area contributed by atoms with Gasteiger partial charge in [0.2, 0.25) is 5.91 Å². The Morgan fingerprint density at radius 3 is 2.36 bits per heavy atom. The van der Waals surface area contributed by atoms with E-state index in [4.69, 9.17) is 0 Å². The lowest BCUT2D eigenvalue weighted by molar-refractivity contribution is -0.134. The molecule has 5 nitrogen and oxygen atoms in total. The topological polar surface area (TPSA) is 61.4 Å². The van der Waals surface area contributed by atoms with Crippen molar-refractivity contribution in [1.29, 1.82) is 0 Å².